The number of benzene rings is 1. The Kier molecular flexibility index (Phi) is 8.09. The summed E-state index contributed by atoms with van der Waals surface area (Å²) in [5.41, 5.74) is -1.37. The first kappa shape index (κ1) is 28.0. The van der Waals surface area contributed by atoms with Crippen molar-refractivity contribution < 1.29 is 31.5 Å². The van der Waals surface area contributed by atoms with Crippen molar-refractivity contribution in [2.45, 2.75) is 19.1 Å². The fourth-order valence-electron chi connectivity index (χ4n) is 4.53. The molecular weight excluding hydrogens is 535 g/mol. The van der Waals surface area contributed by atoms with Gasteiger partial charge in [0.2, 0.25) is 0 Å². The molecule has 1 unspecified atom stereocenters. The van der Waals surface area contributed by atoms with E-state index in [9.17, 15) is 31.5 Å². The summed E-state index contributed by atoms with van der Waals surface area (Å²) in [4.78, 5) is 36.4. The van der Waals surface area contributed by atoms with Gasteiger partial charge in [-0.1, -0.05) is 11.6 Å². The number of anilines is 2. The highest BCUT2D eigenvalue weighted by Gasteiger charge is 2.45. The number of pyridine rings is 1. The first-order chi connectivity index (χ1) is 17.9. The van der Waals surface area contributed by atoms with E-state index in [0.29, 0.717) is 18.7 Å². The van der Waals surface area contributed by atoms with E-state index >= 15 is 0 Å². The second-order valence-corrected chi connectivity index (χ2v) is 9.58. The van der Waals surface area contributed by atoms with Crippen molar-refractivity contribution in [2.75, 3.05) is 62.7 Å². The fraction of sp³-hybridized carbons (Fsp3) is 0.458. The van der Waals surface area contributed by atoms with E-state index in [1.54, 1.807) is 0 Å². The van der Waals surface area contributed by atoms with E-state index in [0.717, 1.165) is 48.1 Å². The van der Waals surface area contributed by atoms with Crippen LogP contribution in [0.5, 0.6) is 0 Å². The summed E-state index contributed by atoms with van der Waals surface area (Å²) in [5.74, 6) is -3.24. The highest BCUT2D eigenvalue weighted by atomic mass is 35.5. The molecule has 3 heterocycles. The van der Waals surface area contributed by atoms with Crippen LogP contribution in [-0.4, -0.2) is 85.6 Å². The molecule has 3 amide bonds. The first-order valence-electron chi connectivity index (χ1n) is 11.9. The first-order valence-corrected chi connectivity index (χ1v) is 12.2. The van der Waals surface area contributed by atoms with Crippen molar-refractivity contribution in [3.63, 3.8) is 0 Å². The molecule has 0 bridgehead atoms. The zero-order chi connectivity index (χ0) is 27.8. The van der Waals surface area contributed by atoms with Crippen LogP contribution < -0.4 is 15.1 Å². The molecule has 2 aromatic rings. The number of halogens is 6. The molecule has 206 valence electrons. The Morgan fingerprint density at radius 2 is 1.82 bits per heavy atom. The maximum atomic E-state index is 14.5. The molecule has 1 N–H and O–H groups in total. The van der Waals surface area contributed by atoms with Crippen molar-refractivity contribution in [1.82, 2.24) is 20.1 Å². The lowest BCUT2D eigenvalue weighted by Crippen LogP contribution is -2.47. The smallest absolute Gasteiger partial charge is 0.320 e. The van der Waals surface area contributed by atoms with Gasteiger partial charge in [0.25, 0.3) is 5.91 Å². The van der Waals surface area contributed by atoms with Crippen molar-refractivity contribution in [3.05, 3.63) is 52.2 Å². The molecule has 8 nitrogen and oxygen atoms in total. The van der Waals surface area contributed by atoms with E-state index in [-0.39, 0.29) is 30.3 Å². The number of likely N-dealkylation sites (N-methyl/N-ethyl adjacent to an activating group) is 1. The van der Waals surface area contributed by atoms with Gasteiger partial charge < -0.3 is 15.1 Å². The summed E-state index contributed by atoms with van der Waals surface area (Å²) in [6, 6.07) is 0.979. The third kappa shape index (κ3) is 5.84. The number of urea groups is 1. The summed E-state index contributed by atoms with van der Waals surface area (Å²) in [7, 11) is 1.21. The minimum atomic E-state index is -4.71. The van der Waals surface area contributed by atoms with E-state index in [1.165, 1.54) is 18.9 Å². The average Bonchev–Trinajstić information content (AvgIpc) is 3.19. The highest BCUT2D eigenvalue weighted by Crippen LogP contribution is 2.34. The van der Waals surface area contributed by atoms with Gasteiger partial charge in [0, 0.05) is 58.1 Å². The van der Waals surface area contributed by atoms with Crippen LogP contribution in [0.1, 0.15) is 11.3 Å². The second-order valence-electron chi connectivity index (χ2n) is 9.17. The molecule has 2 fully saturated rings. The molecule has 0 saturated carbocycles. The number of carbonyl (C=O) groups is 2. The van der Waals surface area contributed by atoms with Gasteiger partial charge in [-0.25, -0.2) is 18.6 Å². The summed E-state index contributed by atoms with van der Waals surface area (Å²) in [5, 5.41) is 2.80. The Labute approximate surface area is 220 Å². The van der Waals surface area contributed by atoms with Crippen LogP contribution >= 0.6 is 11.6 Å². The zero-order valence-corrected chi connectivity index (χ0v) is 21.4. The third-order valence-electron chi connectivity index (χ3n) is 6.56. The normalized spacial score (nSPS) is 18.8. The molecule has 0 spiro atoms. The van der Waals surface area contributed by atoms with Crippen LogP contribution in [0.3, 0.4) is 0 Å². The SMILES string of the molecule is Cc1cc(C(F)(F)F)cc(N2C(=O)N(CCN3CCNCC3)CC2C(=O)N(C)c2cc(Cl)c(F)cc2F)n1. The fourth-order valence-corrected chi connectivity index (χ4v) is 4.69. The number of aromatic nitrogens is 1. The van der Waals surface area contributed by atoms with Crippen LogP contribution in [0.15, 0.2) is 24.3 Å². The average molecular weight is 561 g/mol. The summed E-state index contributed by atoms with van der Waals surface area (Å²) in [6.45, 7) is 4.98. The van der Waals surface area contributed by atoms with Crippen molar-refractivity contribution in [3.8, 4) is 0 Å². The Morgan fingerprint density at radius 1 is 1.13 bits per heavy atom. The Hall–Kier alpha value is -3.03. The van der Waals surface area contributed by atoms with Gasteiger partial charge in [-0.05, 0) is 25.1 Å². The molecule has 1 aromatic heterocycles. The second kappa shape index (κ2) is 11.0. The summed E-state index contributed by atoms with van der Waals surface area (Å²) < 4.78 is 68.8. The molecule has 38 heavy (non-hydrogen) atoms. The summed E-state index contributed by atoms with van der Waals surface area (Å²) >= 11 is 5.78. The molecule has 1 atom stereocenters. The lowest BCUT2D eigenvalue weighted by molar-refractivity contribution is -0.137. The van der Waals surface area contributed by atoms with Crippen LogP contribution in [-0.2, 0) is 11.0 Å². The van der Waals surface area contributed by atoms with Gasteiger partial charge in [0.15, 0.2) is 0 Å². The molecule has 0 aliphatic carbocycles. The number of rotatable bonds is 6. The monoisotopic (exact) mass is 560 g/mol. The lowest BCUT2D eigenvalue weighted by Gasteiger charge is -2.28. The number of aryl methyl sites for hydroxylation is 1. The van der Waals surface area contributed by atoms with E-state index in [2.05, 4.69) is 15.2 Å². The van der Waals surface area contributed by atoms with Gasteiger partial charge in [-0.15, -0.1) is 0 Å². The predicted octanol–water partition coefficient (Wildman–Crippen LogP) is 3.52. The molecule has 14 heteroatoms. The zero-order valence-electron chi connectivity index (χ0n) is 20.7. The Bertz CT molecular complexity index is 1220. The largest absolute Gasteiger partial charge is 0.416 e. The van der Waals surface area contributed by atoms with Crippen molar-refractivity contribution >= 4 is 35.0 Å². The van der Waals surface area contributed by atoms with Crippen molar-refractivity contribution in [2.24, 2.45) is 0 Å². The van der Waals surface area contributed by atoms with E-state index in [4.69, 9.17) is 11.6 Å². The van der Waals surface area contributed by atoms with Crippen molar-refractivity contribution in [1.29, 1.82) is 0 Å². The van der Waals surface area contributed by atoms with E-state index in [1.807, 2.05) is 0 Å². The third-order valence-corrected chi connectivity index (χ3v) is 6.85. The number of nitrogens with one attached hydrogen (secondary N) is 1. The van der Waals surface area contributed by atoms with Crippen LogP contribution in [0.4, 0.5) is 38.3 Å². The van der Waals surface area contributed by atoms with Crippen LogP contribution in [0.25, 0.3) is 0 Å². The standard InChI is InChI=1S/C24H26ClF5N6O2/c1-14-9-15(24(28,29)30)10-21(32-14)36-20(13-35(23(36)38)8-7-34-5-3-31-4-6-34)22(37)33(2)19-11-16(25)17(26)12-18(19)27/h9-12,20,31H,3-8,13H2,1-2H3. The number of carbonyl (C=O) groups excluding carboxylic acids is 2. The number of hydrogen-bond donors (Lipinski definition) is 1. The molecular formula is C24H26ClF5N6O2. The number of nitrogens with zero attached hydrogens (tertiary/aromatic N) is 5. The predicted molar refractivity (Wildman–Crippen MR) is 131 cm³/mol. The molecule has 0 radical (unpaired) electrons. The topological polar surface area (TPSA) is 72.0 Å². The summed E-state index contributed by atoms with van der Waals surface area (Å²) in [6.07, 6.45) is -4.71. The van der Waals surface area contributed by atoms with Gasteiger partial charge in [0.1, 0.15) is 23.5 Å². The van der Waals surface area contributed by atoms with Crippen LogP contribution in [0.2, 0.25) is 5.02 Å². The minimum absolute atomic E-state index is 0.00203. The lowest BCUT2D eigenvalue weighted by atomic mass is 10.1. The number of piperazine rings is 1. The molecule has 4 rings (SSSR count). The van der Waals surface area contributed by atoms with Gasteiger partial charge in [0.05, 0.1) is 22.8 Å². The molecule has 2 saturated heterocycles. The van der Waals surface area contributed by atoms with Crippen LogP contribution in [0, 0.1) is 18.6 Å². The number of alkyl halides is 3. The number of hydrogen-bond acceptors (Lipinski definition) is 5. The molecule has 2 aliphatic heterocycles. The maximum Gasteiger partial charge on any atom is 0.416 e. The Morgan fingerprint density at radius 3 is 2.47 bits per heavy atom. The van der Waals surface area contributed by atoms with Gasteiger partial charge in [-0.3, -0.25) is 14.6 Å². The highest BCUT2D eigenvalue weighted by molar-refractivity contribution is 6.31. The molecule has 2 aliphatic rings. The number of amides is 3. The Balaban J connectivity index is 1.68. The van der Waals surface area contributed by atoms with Gasteiger partial charge in [-0.2, -0.15) is 13.2 Å². The minimum Gasteiger partial charge on any atom is -0.320 e. The quantitative estimate of drug-likeness (QED) is 0.432. The molecule has 1 aromatic carbocycles. The maximum absolute atomic E-state index is 14.5. The van der Waals surface area contributed by atoms with Gasteiger partial charge >= 0.3 is 12.2 Å². The van der Waals surface area contributed by atoms with E-state index < -0.39 is 46.4 Å².